The smallest absolute Gasteiger partial charge is 0.313 e. The molecule has 0 aromatic heterocycles. The molecule has 14 heavy (non-hydrogen) atoms. The molecule has 1 fully saturated rings. The summed E-state index contributed by atoms with van der Waals surface area (Å²) in [4.78, 5) is 22.6. The van der Waals surface area contributed by atoms with Gasteiger partial charge in [0.15, 0.2) is 0 Å². The lowest BCUT2D eigenvalue weighted by molar-refractivity contribution is -0.144. The molecule has 2 aliphatic rings. The van der Waals surface area contributed by atoms with E-state index in [1.54, 1.807) is 0 Å². The molecule has 0 radical (unpaired) electrons. The van der Waals surface area contributed by atoms with Crippen LogP contribution in [0.1, 0.15) is 19.3 Å². The van der Waals surface area contributed by atoms with Crippen molar-refractivity contribution in [2.75, 3.05) is 7.11 Å². The third-order valence-corrected chi connectivity index (χ3v) is 3.24. The Balaban J connectivity index is 1.93. The van der Waals surface area contributed by atoms with Crippen molar-refractivity contribution >= 4 is 11.8 Å². The summed E-state index contributed by atoms with van der Waals surface area (Å²) in [7, 11) is 1.32. The zero-order valence-corrected chi connectivity index (χ0v) is 8.23. The molecule has 2 rings (SSSR count). The largest absolute Gasteiger partial charge is 0.469 e. The molecule has 0 spiro atoms. The summed E-state index contributed by atoms with van der Waals surface area (Å²) >= 11 is 0. The maximum absolute atomic E-state index is 11.7. The standard InChI is InChI=1S/C11H14O3/c1-14-11(13)6-10(12)9-5-7-2-3-8(9)4-7/h2-3,7-9H,4-6H2,1H3. The van der Waals surface area contributed by atoms with Gasteiger partial charge in [-0.25, -0.2) is 0 Å². The second-order valence-corrected chi connectivity index (χ2v) is 4.11. The van der Waals surface area contributed by atoms with Crippen LogP contribution < -0.4 is 0 Å². The fraction of sp³-hybridized carbons (Fsp3) is 0.636. The number of Topliss-reactive ketones (excluding diaryl/α,β-unsaturated/α-hetero) is 1. The lowest BCUT2D eigenvalue weighted by atomic mass is 9.88. The molecule has 0 N–H and O–H groups in total. The maximum atomic E-state index is 11.7. The van der Waals surface area contributed by atoms with E-state index in [1.165, 1.54) is 7.11 Å². The van der Waals surface area contributed by atoms with E-state index >= 15 is 0 Å². The number of ether oxygens (including phenoxy) is 1. The minimum atomic E-state index is -0.415. The Morgan fingerprint density at radius 3 is 2.64 bits per heavy atom. The normalized spacial score (nSPS) is 33.4. The van der Waals surface area contributed by atoms with E-state index < -0.39 is 5.97 Å². The average Bonchev–Trinajstić information content (AvgIpc) is 2.78. The number of carbonyl (C=O) groups excluding carboxylic acids is 2. The number of hydrogen-bond donors (Lipinski definition) is 0. The van der Waals surface area contributed by atoms with Gasteiger partial charge in [0.25, 0.3) is 0 Å². The van der Waals surface area contributed by atoms with E-state index in [1.807, 2.05) is 0 Å². The number of allylic oxidation sites excluding steroid dienone is 2. The minimum absolute atomic E-state index is 0.0497. The van der Waals surface area contributed by atoms with Crippen molar-refractivity contribution in [3.05, 3.63) is 12.2 Å². The topological polar surface area (TPSA) is 43.4 Å². The van der Waals surface area contributed by atoms with Gasteiger partial charge < -0.3 is 4.74 Å². The van der Waals surface area contributed by atoms with Gasteiger partial charge in [0, 0.05) is 5.92 Å². The van der Waals surface area contributed by atoms with E-state index in [0.29, 0.717) is 11.8 Å². The summed E-state index contributed by atoms with van der Waals surface area (Å²) in [6.45, 7) is 0. The molecule has 2 bridgehead atoms. The monoisotopic (exact) mass is 194 g/mol. The number of methoxy groups -OCH3 is 1. The fourth-order valence-electron chi connectivity index (χ4n) is 2.50. The average molecular weight is 194 g/mol. The van der Waals surface area contributed by atoms with Gasteiger partial charge in [-0.05, 0) is 24.7 Å². The van der Waals surface area contributed by atoms with Gasteiger partial charge in [-0.2, -0.15) is 0 Å². The van der Waals surface area contributed by atoms with E-state index in [4.69, 9.17) is 0 Å². The molecular weight excluding hydrogens is 180 g/mol. The maximum Gasteiger partial charge on any atom is 0.313 e. The molecule has 0 aromatic rings. The summed E-state index contributed by atoms with van der Waals surface area (Å²) in [5.74, 6) is 0.670. The molecule has 0 saturated heterocycles. The molecule has 1 saturated carbocycles. The zero-order chi connectivity index (χ0) is 10.1. The lowest BCUT2D eigenvalue weighted by Gasteiger charge is -2.15. The molecule has 3 atom stereocenters. The van der Waals surface area contributed by atoms with Crippen molar-refractivity contribution in [3.8, 4) is 0 Å². The van der Waals surface area contributed by atoms with Gasteiger partial charge >= 0.3 is 5.97 Å². The van der Waals surface area contributed by atoms with Crippen LogP contribution in [0.4, 0.5) is 0 Å². The summed E-state index contributed by atoms with van der Waals surface area (Å²) in [5, 5.41) is 0. The zero-order valence-electron chi connectivity index (χ0n) is 8.23. The van der Waals surface area contributed by atoms with Crippen LogP contribution in [-0.2, 0) is 14.3 Å². The lowest BCUT2D eigenvalue weighted by Crippen LogP contribution is -2.22. The molecule has 0 amide bonds. The quantitative estimate of drug-likeness (QED) is 0.387. The second-order valence-electron chi connectivity index (χ2n) is 4.11. The summed E-state index contributed by atoms with van der Waals surface area (Å²) in [6, 6.07) is 0. The highest BCUT2D eigenvalue weighted by molar-refractivity contribution is 5.97. The van der Waals surface area contributed by atoms with E-state index in [-0.39, 0.29) is 18.1 Å². The van der Waals surface area contributed by atoms with Crippen LogP contribution in [0.15, 0.2) is 12.2 Å². The first-order valence-corrected chi connectivity index (χ1v) is 4.98. The fourth-order valence-corrected chi connectivity index (χ4v) is 2.50. The third kappa shape index (κ3) is 1.59. The first kappa shape index (κ1) is 9.44. The van der Waals surface area contributed by atoms with Gasteiger partial charge in [0.05, 0.1) is 7.11 Å². The van der Waals surface area contributed by atoms with Crippen LogP contribution in [0.5, 0.6) is 0 Å². The second kappa shape index (κ2) is 3.56. The molecule has 2 aliphatic carbocycles. The predicted molar refractivity (Wildman–Crippen MR) is 50.5 cm³/mol. The van der Waals surface area contributed by atoms with Crippen LogP contribution in [0.2, 0.25) is 0 Å². The number of ketones is 1. The van der Waals surface area contributed by atoms with Crippen molar-refractivity contribution in [1.29, 1.82) is 0 Å². The highest BCUT2D eigenvalue weighted by atomic mass is 16.5. The van der Waals surface area contributed by atoms with Gasteiger partial charge in [0.1, 0.15) is 12.2 Å². The number of fused-ring (bicyclic) bond motifs is 2. The predicted octanol–water partition coefficient (Wildman–Crippen LogP) is 1.33. The molecular formula is C11H14O3. The molecule has 3 unspecified atom stereocenters. The van der Waals surface area contributed by atoms with Gasteiger partial charge in [0.2, 0.25) is 0 Å². The number of rotatable bonds is 3. The molecule has 0 aromatic carbocycles. The van der Waals surface area contributed by atoms with Crippen molar-refractivity contribution in [3.63, 3.8) is 0 Å². The van der Waals surface area contributed by atoms with Gasteiger partial charge in [-0.1, -0.05) is 12.2 Å². The Bertz CT molecular complexity index is 293. The SMILES string of the molecule is COC(=O)CC(=O)C1CC2C=CC1C2. The summed E-state index contributed by atoms with van der Waals surface area (Å²) in [6.07, 6.45) is 6.27. The number of hydrogen-bond acceptors (Lipinski definition) is 3. The highest BCUT2D eigenvalue weighted by Gasteiger charge is 2.39. The molecule has 0 heterocycles. The number of esters is 1. The van der Waals surface area contributed by atoms with E-state index in [9.17, 15) is 9.59 Å². The Hall–Kier alpha value is -1.12. The van der Waals surface area contributed by atoms with Crippen LogP contribution >= 0.6 is 0 Å². The summed E-state index contributed by atoms with van der Waals surface area (Å²) < 4.78 is 4.48. The van der Waals surface area contributed by atoms with Gasteiger partial charge in [-0.3, -0.25) is 9.59 Å². The highest BCUT2D eigenvalue weighted by Crippen LogP contribution is 2.44. The number of carbonyl (C=O) groups is 2. The van der Waals surface area contributed by atoms with Crippen LogP contribution in [0, 0.1) is 17.8 Å². The first-order chi connectivity index (χ1) is 6.70. The van der Waals surface area contributed by atoms with Crippen LogP contribution in [0.25, 0.3) is 0 Å². The molecule has 3 nitrogen and oxygen atoms in total. The Kier molecular flexibility index (Phi) is 2.40. The van der Waals surface area contributed by atoms with Crippen LogP contribution in [-0.4, -0.2) is 18.9 Å². The van der Waals surface area contributed by atoms with Crippen molar-refractivity contribution in [1.82, 2.24) is 0 Å². The first-order valence-electron chi connectivity index (χ1n) is 4.98. The van der Waals surface area contributed by atoms with Gasteiger partial charge in [-0.15, -0.1) is 0 Å². The third-order valence-electron chi connectivity index (χ3n) is 3.24. The summed E-state index contributed by atoms with van der Waals surface area (Å²) in [5.41, 5.74) is 0. The van der Waals surface area contributed by atoms with E-state index in [2.05, 4.69) is 16.9 Å². The Morgan fingerprint density at radius 2 is 2.14 bits per heavy atom. The Morgan fingerprint density at radius 1 is 1.36 bits per heavy atom. The van der Waals surface area contributed by atoms with Crippen LogP contribution in [0.3, 0.4) is 0 Å². The van der Waals surface area contributed by atoms with Crippen molar-refractivity contribution < 1.29 is 14.3 Å². The molecule has 76 valence electrons. The molecule has 0 aliphatic heterocycles. The minimum Gasteiger partial charge on any atom is -0.469 e. The van der Waals surface area contributed by atoms with E-state index in [0.717, 1.165) is 12.8 Å². The van der Waals surface area contributed by atoms with Crippen molar-refractivity contribution in [2.45, 2.75) is 19.3 Å². The molecule has 3 heteroatoms. The van der Waals surface area contributed by atoms with Crippen molar-refractivity contribution in [2.24, 2.45) is 17.8 Å². The Labute approximate surface area is 83.1 Å².